The van der Waals surface area contributed by atoms with E-state index >= 15 is 0 Å². The molecule has 1 aliphatic carbocycles. The number of nitrogens with zero attached hydrogens (tertiary/aromatic N) is 2. The summed E-state index contributed by atoms with van der Waals surface area (Å²) in [5.74, 6) is -0.0293. The highest BCUT2D eigenvalue weighted by atomic mass is 16.6. The van der Waals surface area contributed by atoms with Crippen LogP contribution >= 0.6 is 0 Å². The minimum Gasteiger partial charge on any atom is -0.445 e. The van der Waals surface area contributed by atoms with Crippen LogP contribution in [0, 0.1) is 0 Å². The first-order chi connectivity index (χ1) is 23.2. The lowest BCUT2D eigenvalue weighted by Gasteiger charge is -2.41. The van der Waals surface area contributed by atoms with Gasteiger partial charge in [-0.15, -0.1) is 0 Å². The van der Waals surface area contributed by atoms with E-state index in [1.54, 1.807) is 4.90 Å². The average molecular weight is 620 g/mol. The molecule has 0 spiro atoms. The lowest BCUT2D eigenvalue weighted by Crippen LogP contribution is -2.59. The summed E-state index contributed by atoms with van der Waals surface area (Å²) < 4.78 is 5.67. The van der Waals surface area contributed by atoms with Crippen molar-refractivity contribution in [2.75, 3.05) is 24.5 Å². The van der Waals surface area contributed by atoms with Crippen LogP contribution in [0.2, 0.25) is 0 Å². The van der Waals surface area contributed by atoms with E-state index in [2.05, 4.69) is 78.1 Å². The Balaban J connectivity index is 1.17. The van der Waals surface area contributed by atoms with Crippen molar-refractivity contribution in [3.05, 3.63) is 138 Å². The number of nitrogens with one attached hydrogen (secondary N) is 1. The van der Waals surface area contributed by atoms with Crippen LogP contribution in [0.15, 0.2) is 121 Å². The molecule has 6 nitrogen and oxygen atoms in total. The molecule has 6 heteroatoms. The second kappa shape index (κ2) is 12.5. The van der Waals surface area contributed by atoms with E-state index in [0.29, 0.717) is 13.1 Å². The van der Waals surface area contributed by atoms with Crippen molar-refractivity contribution < 1.29 is 14.3 Å². The number of carbonyl (C=O) groups excluding carboxylic acids is 2. The van der Waals surface area contributed by atoms with Crippen molar-refractivity contribution in [2.24, 2.45) is 0 Å². The van der Waals surface area contributed by atoms with Gasteiger partial charge in [0.15, 0.2) is 0 Å². The number of benzene rings is 6. The Kier molecular flexibility index (Phi) is 7.79. The second-order valence-corrected chi connectivity index (χ2v) is 12.6. The predicted octanol–water partition coefficient (Wildman–Crippen LogP) is 8.17. The maximum absolute atomic E-state index is 14.9. The van der Waals surface area contributed by atoms with Gasteiger partial charge >= 0.3 is 6.09 Å². The van der Waals surface area contributed by atoms with Gasteiger partial charge in [0.05, 0.1) is 11.7 Å². The van der Waals surface area contributed by atoms with E-state index in [4.69, 9.17) is 4.74 Å². The Morgan fingerprint density at radius 3 is 2.32 bits per heavy atom. The zero-order valence-corrected chi connectivity index (χ0v) is 26.3. The molecule has 0 unspecified atom stereocenters. The van der Waals surface area contributed by atoms with E-state index in [9.17, 15) is 9.59 Å². The summed E-state index contributed by atoms with van der Waals surface area (Å²) >= 11 is 0. The van der Waals surface area contributed by atoms with Crippen LogP contribution < -0.4 is 10.2 Å². The summed E-state index contributed by atoms with van der Waals surface area (Å²) in [5, 5.41) is 10.6. The van der Waals surface area contributed by atoms with Crippen molar-refractivity contribution in [2.45, 2.75) is 38.0 Å². The van der Waals surface area contributed by atoms with Gasteiger partial charge in [0.2, 0.25) is 5.91 Å². The maximum atomic E-state index is 14.9. The normalized spacial score (nSPS) is 17.8. The van der Waals surface area contributed by atoms with E-state index in [-0.39, 0.29) is 25.1 Å². The monoisotopic (exact) mass is 619 g/mol. The Labute approximate surface area is 274 Å². The number of anilines is 1. The standard InChI is InChI=1S/C41H37N3O3/c45-40(37-26-43(25-24-42-37)41(46)47-27-28-10-2-1-3-11-28)44(38-18-8-14-29-12-5-7-16-32(29)38)39-19-9-17-33-35-21-20-30-13-4-6-15-31(30)34(35)22-23-36(33)39/h1-8,10-16,18,20-23,37,39,42H,9,17,19,24-27H2/t37-,39+/m0/s1. The molecule has 0 aromatic heterocycles. The van der Waals surface area contributed by atoms with E-state index < -0.39 is 12.1 Å². The molecule has 234 valence electrons. The third-order valence-electron chi connectivity index (χ3n) is 9.85. The Morgan fingerprint density at radius 1 is 0.745 bits per heavy atom. The summed E-state index contributed by atoms with van der Waals surface area (Å²) in [7, 11) is 0. The van der Waals surface area contributed by atoms with Crippen molar-refractivity contribution in [1.29, 1.82) is 0 Å². The first-order valence-electron chi connectivity index (χ1n) is 16.6. The van der Waals surface area contributed by atoms with Crippen LogP contribution in [0.4, 0.5) is 10.5 Å². The predicted molar refractivity (Wildman–Crippen MR) is 189 cm³/mol. The van der Waals surface area contributed by atoms with Crippen molar-refractivity contribution >= 4 is 50.0 Å². The maximum Gasteiger partial charge on any atom is 0.410 e. The zero-order valence-electron chi connectivity index (χ0n) is 26.3. The number of ether oxygens (including phenoxy) is 1. The van der Waals surface area contributed by atoms with Crippen LogP contribution in [-0.2, 0) is 22.6 Å². The van der Waals surface area contributed by atoms with Gasteiger partial charge < -0.3 is 19.9 Å². The van der Waals surface area contributed by atoms with E-state index in [1.807, 2.05) is 53.4 Å². The smallest absolute Gasteiger partial charge is 0.410 e. The van der Waals surface area contributed by atoms with Gasteiger partial charge in [-0.2, -0.15) is 0 Å². The Morgan fingerprint density at radius 2 is 1.47 bits per heavy atom. The molecule has 6 aromatic rings. The molecule has 2 aliphatic rings. The second-order valence-electron chi connectivity index (χ2n) is 12.6. The summed E-state index contributed by atoms with van der Waals surface area (Å²) in [6, 6.07) is 40.9. The van der Waals surface area contributed by atoms with Gasteiger partial charge in [-0.3, -0.25) is 4.79 Å². The van der Waals surface area contributed by atoms with Crippen molar-refractivity contribution in [3.63, 3.8) is 0 Å². The molecule has 8 rings (SSSR count). The Hall–Kier alpha value is -5.20. The van der Waals surface area contributed by atoms with Crippen LogP contribution in [0.3, 0.4) is 0 Å². The summed E-state index contributed by atoms with van der Waals surface area (Å²) in [4.78, 5) is 31.8. The molecule has 2 amide bonds. The summed E-state index contributed by atoms with van der Waals surface area (Å²) in [6.45, 7) is 1.44. The molecule has 2 atom stereocenters. The number of piperazine rings is 1. The van der Waals surface area contributed by atoms with Gasteiger partial charge in [-0.05, 0) is 69.0 Å². The van der Waals surface area contributed by atoms with Crippen LogP contribution in [-0.4, -0.2) is 42.6 Å². The molecule has 0 saturated carbocycles. The highest BCUT2D eigenvalue weighted by Crippen LogP contribution is 2.43. The first kappa shape index (κ1) is 29.2. The summed E-state index contributed by atoms with van der Waals surface area (Å²) in [5.41, 5.74) is 4.36. The van der Waals surface area contributed by atoms with Crippen LogP contribution in [0.5, 0.6) is 0 Å². The molecule has 0 bridgehead atoms. The molecule has 0 radical (unpaired) electrons. The van der Waals surface area contributed by atoms with Gasteiger partial charge in [-0.25, -0.2) is 4.79 Å². The molecule has 6 aromatic carbocycles. The number of hydrogen-bond acceptors (Lipinski definition) is 4. The number of rotatable bonds is 5. The lowest BCUT2D eigenvalue weighted by molar-refractivity contribution is -0.122. The van der Waals surface area contributed by atoms with E-state index in [0.717, 1.165) is 41.3 Å². The minimum absolute atomic E-state index is 0.0293. The van der Waals surface area contributed by atoms with Crippen LogP contribution in [0.25, 0.3) is 32.3 Å². The summed E-state index contributed by atoms with van der Waals surface area (Å²) in [6.07, 6.45) is 2.42. The number of amides is 2. The third kappa shape index (κ3) is 5.49. The Bertz CT molecular complexity index is 2110. The zero-order chi connectivity index (χ0) is 31.7. The lowest BCUT2D eigenvalue weighted by atomic mass is 9.82. The molecule has 1 N–H and O–H groups in total. The molecule has 1 fully saturated rings. The van der Waals surface area contributed by atoms with Crippen molar-refractivity contribution in [3.8, 4) is 0 Å². The largest absolute Gasteiger partial charge is 0.445 e. The van der Waals surface area contributed by atoms with Gasteiger partial charge in [0.1, 0.15) is 12.6 Å². The number of fused-ring (bicyclic) bond motifs is 6. The van der Waals surface area contributed by atoms with Gasteiger partial charge in [-0.1, -0.05) is 115 Å². The fourth-order valence-corrected chi connectivity index (χ4v) is 7.57. The topological polar surface area (TPSA) is 61.9 Å². The molecule has 1 heterocycles. The highest BCUT2D eigenvalue weighted by Gasteiger charge is 2.38. The molecule has 1 saturated heterocycles. The average Bonchev–Trinajstić information content (AvgIpc) is 3.14. The van der Waals surface area contributed by atoms with E-state index in [1.165, 1.54) is 32.7 Å². The SMILES string of the molecule is O=C(OCc1ccccc1)N1CCN[C@H](C(=O)N(c2cccc3ccccc23)[C@@H]2CCCc3c2ccc2c3ccc3ccccc32)C1. The quantitative estimate of drug-likeness (QED) is 0.198. The van der Waals surface area contributed by atoms with Gasteiger partial charge in [0, 0.05) is 25.0 Å². The fourth-order valence-electron chi connectivity index (χ4n) is 7.57. The number of carbonyl (C=O) groups is 2. The first-order valence-corrected chi connectivity index (χ1v) is 16.6. The van der Waals surface area contributed by atoms with Crippen LogP contribution in [0.1, 0.15) is 35.6 Å². The highest BCUT2D eigenvalue weighted by molar-refractivity contribution is 6.10. The third-order valence-corrected chi connectivity index (χ3v) is 9.85. The number of aryl methyl sites for hydroxylation is 1. The molecular weight excluding hydrogens is 582 g/mol. The minimum atomic E-state index is -0.568. The fraction of sp³-hybridized carbons (Fsp3) is 0.220. The molecular formula is C41H37N3O3. The van der Waals surface area contributed by atoms with Gasteiger partial charge in [0.25, 0.3) is 0 Å². The molecule has 1 aliphatic heterocycles. The number of hydrogen-bond donors (Lipinski definition) is 1. The van der Waals surface area contributed by atoms with Crippen molar-refractivity contribution in [1.82, 2.24) is 10.2 Å². The molecule has 47 heavy (non-hydrogen) atoms.